The van der Waals surface area contributed by atoms with Gasteiger partial charge in [0.25, 0.3) is 0 Å². The number of hydrogen-bond acceptors (Lipinski definition) is 1. The lowest BCUT2D eigenvalue weighted by molar-refractivity contribution is 0.411. The van der Waals surface area contributed by atoms with Crippen molar-refractivity contribution >= 4 is 22.6 Å². The van der Waals surface area contributed by atoms with Gasteiger partial charge in [0.05, 0.1) is 7.11 Å². The molecule has 0 saturated carbocycles. The molecule has 0 fully saturated rings. The number of methoxy groups -OCH3 is 1. The van der Waals surface area contributed by atoms with E-state index in [-0.39, 0.29) is 0 Å². The third kappa shape index (κ3) is 2.09. The summed E-state index contributed by atoms with van der Waals surface area (Å²) in [6.45, 7) is 2.09. The summed E-state index contributed by atoms with van der Waals surface area (Å²) in [4.78, 5) is 0. The Bertz CT molecular complexity index is 245. The van der Waals surface area contributed by atoms with Gasteiger partial charge in [0.1, 0.15) is 5.75 Å². The van der Waals surface area contributed by atoms with Crippen LogP contribution >= 0.6 is 22.6 Å². The molecule has 0 aliphatic heterocycles. The fourth-order valence-corrected chi connectivity index (χ4v) is 1.61. The van der Waals surface area contributed by atoms with Gasteiger partial charge in [-0.05, 0) is 13.0 Å². The third-order valence-electron chi connectivity index (χ3n) is 1.58. The highest BCUT2D eigenvalue weighted by atomic mass is 127. The predicted molar refractivity (Wildman–Crippen MR) is 55.5 cm³/mol. The summed E-state index contributed by atoms with van der Waals surface area (Å²) >= 11 is 2.34. The first-order valence-electron chi connectivity index (χ1n) is 3.47. The molecule has 0 bridgehead atoms. The average molecular weight is 262 g/mol. The number of alkyl halides is 1. The van der Waals surface area contributed by atoms with Crippen LogP contribution < -0.4 is 4.74 Å². The van der Waals surface area contributed by atoms with Crippen LogP contribution in [0, 0.1) is 6.92 Å². The minimum atomic E-state index is 0.991. The summed E-state index contributed by atoms with van der Waals surface area (Å²) in [5, 5.41) is 0. The molecule has 0 N–H and O–H groups in total. The molecule has 0 amide bonds. The van der Waals surface area contributed by atoms with E-state index in [2.05, 4.69) is 41.6 Å². The summed E-state index contributed by atoms with van der Waals surface area (Å²) in [5.41, 5.74) is 2.56. The second-order valence-corrected chi connectivity index (χ2v) is 3.21. The Morgan fingerprint density at radius 2 is 2.18 bits per heavy atom. The molecule has 0 unspecified atom stereocenters. The van der Waals surface area contributed by atoms with Gasteiger partial charge in [-0.15, -0.1) is 0 Å². The molecule has 11 heavy (non-hydrogen) atoms. The first-order chi connectivity index (χ1) is 5.27. The van der Waals surface area contributed by atoms with Gasteiger partial charge >= 0.3 is 0 Å². The average Bonchev–Trinajstić information content (AvgIpc) is 2.04. The molecule has 60 valence electrons. The molecular formula is C9H11IO. The zero-order valence-corrected chi connectivity index (χ0v) is 8.88. The van der Waals surface area contributed by atoms with E-state index in [1.807, 2.05) is 6.07 Å². The molecule has 0 atom stereocenters. The zero-order chi connectivity index (χ0) is 8.27. The van der Waals surface area contributed by atoms with Crippen LogP contribution in [0.5, 0.6) is 5.75 Å². The van der Waals surface area contributed by atoms with Crippen molar-refractivity contribution in [1.29, 1.82) is 0 Å². The second kappa shape index (κ2) is 3.95. The van der Waals surface area contributed by atoms with Crippen LogP contribution in [-0.2, 0) is 4.43 Å². The molecule has 1 aromatic carbocycles. The van der Waals surface area contributed by atoms with Gasteiger partial charge in [-0.25, -0.2) is 0 Å². The molecule has 0 radical (unpaired) electrons. The largest absolute Gasteiger partial charge is 0.496 e. The SMILES string of the molecule is COc1ccc(C)cc1CI. The fourth-order valence-electron chi connectivity index (χ4n) is 1.01. The maximum Gasteiger partial charge on any atom is 0.122 e. The molecule has 0 aromatic heterocycles. The summed E-state index contributed by atoms with van der Waals surface area (Å²) in [6.07, 6.45) is 0. The number of ether oxygens (including phenoxy) is 1. The topological polar surface area (TPSA) is 9.23 Å². The molecule has 1 aromatic rings. The zero-order valence-electron chi connectivity index (χ0n) is 6.73. The molecule has 0 spiro atoms. The normalized spacial score (nSPS) is 9.73. The van der Waals surface area contributed by atoms with Crippen LogP contribution in [0.2, 0.25) is 0 Å². The van der Waals surface area contributed by atoms with E-state index < -0.39 is 0 Å². The van der Waals surface area contributed by atoms with E-state index in [0.29, 0.717) is 0 Å². The molecule has 0 aliphatic rings. The van der Waals surface area contributed by atoms with E-state index in [1.165, 1.54) is 11.1 Å². The quantitative estimate of drug-likeness (QED) is 0.588. The van der Waals surface area contributed by atoms with Crippen LogP contribution in [-0.4, -0.2) is 7.11 Å². The van der Waals surface area contributed by atoms with Gasteiger partial charge in [0.2, 0.25) is 0 Å². The van der Waals surface area contributed by atoms with E-state index in [4.69, 9.17) is 4.74 Å². The van der Waals surface area contributed by atoms with E-state index >= 15 is 0 Å². The molecular weight excluding hydrogens is 251 g/mol. The van der Waals surface area contributed by atoms with Crippen molar-refractivity contribution in [2.75, 3.05) is 7.11 Å². The minimum Gasteiger partial charge on any atom is -0.496 e. The lowest BCUT2D eigenvalue weighted by Crippen LogP contribution is -1.89. The predicted octanol–water partition coefficient (Wildman–Crippen LogP) is 2.94. The summed E-state index contributed by atoms with van der Waals surface area (Å²) < 4.78 is 6.19. The van der Waals surface area contributed by atoms with Crippen molar-refractivity contribution in [2.45, 2.75) is 11.4 Å². The molecule has 1 nitrogen and oxygen atoms in total. The maximum atomic E-state index is 5.19. The smallest absolute Gasteiger partial charge is 0.122 e. The molecule has 0 aliphatic carbocycles. The van der Waals surface area contributed by atoms with Gasteiger partial charge in [-0.3, -0.25) is 0 Å². The van der Waals surface area contributed by atoms with E-state index in [1.54, 1.807) is 7.11 Å². The van der Waals surface area contributed by atoms with Crippen molar-refractivity contribution in [1.82, 2.24) is 0 Å². The van der Waals surface area contributed by atoms with E-state index in [9.17, 15) is 0 Å². The van der Waals surface area contributed by atoms with Gasteiger partial charge in [-0.2, -0.15) is 0 Å². The van der Waals surface area contributed by atoms with E-state index in [0.717, 1.165) is 10.2 Å². The lowest BCUT2D eigenvalue weighted by Gasteiger charge is -2.05. The summed E-state index contributed by atoms with van der Waals surface area (Å²) in [5.74, 6) is 0.991. The highest BCUT2D eigenvalue weighted by molar-refractivity contribution is 14.1. The molecule has 1 rings (SSSR count). The summed E-state index contributed by atoms with van der Waals surface area (Å²) in [7, 11) is 1.71. The Hall–Kier alpha value is -0.250. The Balaban J connectivity index is 3.06. The maximum absolute atomic E-state index is 5.19. The highest BCUT2D eigenvalue weighted by Crippen LogP contribution is 2.21. The van der Waals surface area contributed by atoms with Crippen LogP contribution in [0.3, 0.4) is 0 Å². The Morgan fingerprint density at radius 3 is 2.73 bits per heavy atom. The number of hydrogen-bond donors (Lipinski definition) is 0. The van der Waals surface area contributed by atoms with Gasteiger partial charge in [0, 0.05) is 9.99 Å². The number of halogens is 1. The first-order valence-corrected chi connectivity index (χ1v) is 5.00. The van der Waals surface area contributed by atoms with Crippen LogP contribution in [0.4, 0.5) is 0 Å². The van der Waals surface area contributed by atoms with Crippen molar-refractivity contribution < 1.29 is 4.74 Å². The highest BCUT2D eigenvalue weighted by Gasteiger charge is 1.99. The van der Waals surface area contributed by atoms with Crippen molar-refractivity contribution in [3.05, 3.63) is 29.3 Å². The van der Waals surface area contributed by atoms with Crippen molar-refractivity contribution in [3.63, 3.8) is 0 Å². The number of benzene rings is 1. The van der Waals surface area contributed by atoms with Crippen LogP contribution in [0.15, 0.2) is 18.2 Å². The van der Waals surface area contributed by atoms with Gasteiger partial charge in [0.15, 0.2) is 0 Å². The monoisotopic (exact) mass is 262 g/mol. The van der Waals surface area contributed by atoms with Crippen molar-refractivity contribution in [3.8, 4) is 5.75 Å². The van der Waals surface area contributed by atoms with Crippen molar-refractivity contribution in [2.24, 2.45) is 0 Å². The summed E-state index contributed by atoms with van der Waals surface area (Å²) in [6, 6.07) is 6.24. The third-order valence-corrected chi connectivity index (χ3v) is 2.40. The first kappa shape index (κ1) is 8.84. The van der Waals surface area contributed by atoms with Crippen LogP contribution in [0.25, 0.3) is 0 Å². The molecule has 0 saturated heterocycles. The van der Waals surface area contributed by atoms with Gasteiger partial charge < -0.3 is 4.74 Å². The number of aryl methyl sites for hydroxylation is 1. The number of rotatable bonds is 2. The fraction of sp³-hybridized carbons (Fsp3) is 0.333. The Kier molecular flexibility index (Phi) is 3.17. The van der Waals surface area contributed by atoms with Gasteiger partial charge in [-0.1, -0.05) is 40.3 Å². The Labute approximate surface area is 80.9 Å². The molecule has 0 heterocycles. The minimum absolute atomic E-state index is 0.991. The standard InChI is InChI=1S/C9H11IO/c1-7-3-4-9(11-2)8(5-7)6-10/h3-5H,6H2,1-2H3. The second-order valence-electron chi connectivity index (χ2n) is 2.45. The van der Waals surface area contributed by atoms with Crippen LogP contribution in [0.1, 0.15) is 11.1 Å². The lowest BCUT2D eigenvalue weighted by atomic mass is 10.1. The Morgan fingerprint density at radius 1 is 1.45 bits per heavy atom. The molecule has 2 heteroatoms.